The van der Waals surface area contributed by atoms with Crippen LogP contribution in [0.25, 0.3) is 0 Å². The molecule has 0 aliphatic heterocycles. The summed E-state index contributed by atoms with van der Waals surface area (Å²) in [5, 5.41) is 0. The molecule has 3 heteroatoms. The van der Waals surface area contributed by atoms with E-state index in [2.05, 4.69) is 23.8 Å². The third kappa shape index (κ3) is 1.55. The standard InChI is InChI=1S/C9H14N2O/c1-5(2)8-6(3)10-9(12)11-7(8)4/h5H,1-4H3,(H,10,11,12). The summed E-state index contributed by atoms with van der Waals surface area (Å²) in [6.45, 7) is 7.97. The Kier molecular flexibility index (Phi) is 2.31. The van der Waals surface area contributed by atoms with Crippen LogP contribution in [-0.4, -0.2) is 9.97 Å². The van der Waals surface area contributed by atoms with E-state index in [1.54, 1.807) is 0 Å². The smallest absolute Gasteiger partial charge is 0.310 e. The van der Waals surface area contributed by atoms with E-state index in [0.29, 0.717) is 5.92 Å². The van der Waals surface area contributed by atoms with E-state index >= 15 is 0 Å². The molecule has 0 aliphatic rings. The third-order valence-corrected chi connectivity index (χ3v) is 1.93. The van der Waals surface area contributed by atoms with Crippen LogP contribution in [0.4, 0.5) is 0 Å². The van der Waals surface area contributed by atoms with Gasteiger partial charge in [0.05, 0.1) is 0 Å². The molecule has 0 spiro atoms. The molecule has 1 heterocycles. The summed E-state index contributed by atoms with van der Waals surface area (Å²) >= 11 is 0. The predicted molar refractivity (Wildman–Crippen MR) is 48.4 cm³/mol. The minimum absolute atomic E-state index is 0.255. The molecule has 3 nitrogen and oxygen atoms in total. The molecule has 1 N–H and O–H groups in total. The number of aryl methyl sites for hydroxylation is 2. The Hall–Kier alpha value is -1.12. The van der Waals surface area contributed by atoms with E-state index in [0.717, 1.165) is 17.0 Å². The first kappa shape index (κ1) is 8.97. The van der Waals surface area contributed by atoms with Crippen LogP contribution < -0.4 is 5.69 Å². The Morgan fingerprint density at radius 2 is 1.92 bits per heavy atom. The lowest BCUT2D eigenvalue weighted by molar-refractivity contribution is 0.801. The normalized spacial score (nSPS) is 10.8. The molecule has 1 aromatic heterocycles. The number of nitrogens with zero attached hydrogens (tertiary/aromatic N) is 1. The van der Waals surface area contributed by atoms with Gasteiger partial charge in [0.2, 0.25) is 0 Å². The van der Waals surface area contributed by atoms with E-state index in [4.69, 9.17) is 0 Å². The zero-order valence-electron chi connectivity index (χ0n) is 7.93. The number of nitrogens with one attached hydrogen (secondary N) is 1. The van der Waals surface area contributed by atoms with Crippen LogP contribution in [0.15, 0.2) is 4.79 Å². The second kappa shape index (κ2) is 3.09. The fraction of sp³-hybridized carbons (Fsp3) is 0.556. The predicted octanol–water partition coefficient (Wildman–Crippen LogP) is 1.51. The SMILES string of the molecule is Cc1nc(=O)[nH]c(C)c1C(C)C. The number of hydrogen-bond acceptors (Lipinski definition) is 2. The topological polar surface area (TPSA) is 45.8 Å². The van der Waals surface area contributed by atoms with Gasteiger partial charge in [0.15, 0.2) is 0 Å². The summed E-state index contributed by atoms with van der Waals surface area (Å²) in [5.74, 6) is 0.411. The summed E-state index contributed by atoms with van der Waals surface area (Å²) in [7, 11) is 0. The van der Waals surface area contributed by atoms with Gasteiger partial charge in [0.1, 0.15) is 0 Å². The maximum absolute atomic E-state index is 10.9. The van der Waals surface area contributed by atoms with Crippen molar-refractivity contribution in [3.63, 3.8) is 0 Å². The van der Waals surface area contributed by atoms with Gasteiger partial charge in [0, 0.05) is 11.4 Å². The van der Waals surface area contributed by atoms with Crippen LogP contribution in [-0.2, 0) is 0 Å². The molecule has 0 bridgehead atoms. The minimum atomic E-state index is -0.255. The zero-order valence-corrected chi connectivity index (χ0v) is 7.93. The molecular weight excluding hydrogens is 152 g/mol. The molecule has 0 saturated carbocycles. The largest absolute Gasteiger partial charge is 0.345 e. The van der Waals surface area contributed by atoms with Crippen molar-refractivity contribution in [3.8, 4) is 0 Å². The van der Waals surface area contributed by atoms with Crippen LogP contribution in [0.5, 0.6) is 0 Å². The summed E-state index contributed by atoms with van der Waals surface area (Å²) in [6.07, 6.45) is 0. The van der Waals surface area contributed by atoms with Gasteiger partial charge in [-0.05, 0) is 25.3 Å². The van der Waals surface area contributed by atoms with Crippen molar-refractivity contribution in [1.82, 2.24) is 9.97 Å². The first-order valence-corrected chi connectivity index (χ1v) is 4.09. The van der Waals surface area contributed by atoms with Crippen LogP contribution >= 0.6 is 0 Å². The van der Waals surface area contributed by atoms with Crippen LogP contribution in [0.3, 0.4) is 0 Å². The molecular formula is C9H14N2O. The first-order valence-electron chi connectivity index (χ1n) is 4.09. The average molecular weight is 166 g/mol. The lowest BCUT2D eigenvalue weighted by Gasteiger charge is -2.10. The molecule has 66 valence electrons. The maximum Gasteiger partial charge on any atom is 0.345 e. The van der Waals surface area contributed by atoms with E-state index in [9.17, 15) is 4.79 Å². The fourth-order valence-corrected chi connectivity index (χ4v) is 1.59. The Bertz CT molecular complexity index is 313. The van der Waals surface area contributed by atoms with Gasteiger partial charge in [-0.15, -0.1) is 0 Å². The molecule has 12 heavy (non-hydrogen) atoms. The van der Waals surface area contributed by atoms with E-state index in [1.807, 2.05) is 13.8 Å². The highest BCUT2D eigenvalue weighted by Crippen LogP contribution is 2.17. The lowest BCUT2D eigenvalue weighted by Crippen LogP contribution is -2.16. The summed E-state index contributed by atoms with van der Waals surface area (Å²) in [4.78, 5) is 17.5. The quantitative estimate of drug-likeness (QED) is 0.687. The molecule has 0 unspecified atom stereocenters. The summed E-state index contributed by atoms with van der Waals surface area (Å²) in [6, 6.07) is 0. The second-order valence-electron chi connectivity index (χ2n) is 3.32. The Morgan fingerprint density at radius 1 is 1.33 bits per heavy atom. The highest BCUT2D eigenvalue weighted by Gasteiger charge is 2.08. The molecule has 0 aliphatic carbocycles. The van der Waals surface area contributed by atoms with Gasteiger partial charge >= 0.3 is 5.69 Å². The van der Waals surface area contributed by atoms with Gasteiger partial charge in [-0.1, -0.05) is 13.8 Å². The van der Waals surface area contributed by atoms with Gasteiger partial charge in [-0.2, -0.15) is 4.98 Å². The van der Waals surface area contributed by atoms with E-state index < -0.39 is 0 Å². The van der Waals surface area contributed by atoms with Crippen molar-refractivity contribution in [2.24, 2.45) is 0 Å². The van der Waals surface area contributed by atoms with Gasteiger partial charge in [-0.25, -0.2) is 4.79 Å². The number of aromatic amines is 1. The van der Waals surface area contributed by atoms with Crippen molar-refractivity contribution in [1.29, 1.82) is 0 Å². The molecule has 0 saturated heterocycles. The van der Waals surface area contributed by atoms with Gasteiger partial charge in [0.25, 0.3) is 0 Å². The van der Waals surface area contributed by atoms with Crippen LogP contribution in [0, 0.1) is 13.8 Å². The lowest BCUT2D eigenvalue weighted by atomic mass is 10.0. The fourth-order valence-electron chi connectivity index (χ4n) is 1.59. The van der Waals surface area contributed by atoms with Crippen molar-refractivity contribution in [2.45, 2.75) is 33.6 Å². The number of hydrogen-bond donors (Lipinski definition) is 1. The van der Waals surface area contributed by atoms with Gasteiger partial charge in [-0.3, -0.25) is 0 Å². The monoisotopic (exact) mass is 166 g/mol. The van der Waals surface area contributed by atoms with E-state index in [1.165, 1.54) is 0 Å². The second-order valence-corrected chi connectivity index (χ2v) is 3.32. The van der Waals surface area contributed by atoms with Crippen LogP contribution in [0.1, 0.15) is 36.7 Å². The number of H-pyrrole nitrogens is 1. The Balaban J connectivity index is 3.38. The van der Waals surface area contributed by atoms with Crippen molar-refractivity contribution in [3.05, 3.63) is 27.4 Å². The number of rotatable bonds is 1. The Labute approximate surface area is 71.9 Å². The molecule has 0 atom stereocenters. The Morgan fingerprint density at radius 3 is 2.33 bits per heavy atom. The van der Waals surface area contributed by atoms with Gasteiger partial charge < -0.3 is 4.98 Å². The third-order valence-electron chi connectivity index (χ3n) is 1.93. The molecule has 1 rings (SSSR count). The highest BCUT2D eigenvalue weighted by atomic mass is 16.1. The van der Waals surface area contributed by atoms with Crippen molar-refractivity contribution >= 4 is 0 Å². The molecule has 0 radical (unpaired) electrons. The first-order chi connectivity index (χ1) is 5.52. The molecule has 0 fully saturated rings. The van der Waals surface area contributed by atoms with Crippen molar-refractivity contribution in [2.75, 3.05) is 0 Å². The van der Waals surface area contributed by atoms with Crippen molar-refractivity contribution < 1.29 is 0 Å². The highest BCUT2D eigenvalue weighted by molar-refractivity contribution is 5.25. The summed E-state index contributed by atoms with van der Waals surface area (Å²) < 4.78 is 0. The maximum atomic E-state index is 10.9. The van der Waals surface area contributed by atoms with Crippen LogP contribution in [0.2, 0.25) is 0 Å². The molecule has 1 aromatic rings. The number of aromatic nitrogens is 2. The zero-order chi connectivity index (χ0) is 9.30. The molecule has 0 amide bonds. The van der Waals surface area contributed by atoms with E-state index in [-0.39, 0.29) is 5.69 Å². The average Bonchev–Trinajstić information content (AvgIpc) is 1.82. The minimum Gasteiger partial charge on any atom is -0.310 e. The molecule has 0 aromatic carbocycles. The summed E-state index contributed by atoms with van der Waals surface area (Å²) in [5.41, 5.74) is 2.66.